The van der Waals surface area contributed by atoms with Gasteiger partial charge in [0.15, 0.2) is 0 Å². The minimum absolute atomic E-state index is 0. The SMILES string of the molecule is BrP(Br)Br.CC(=O)NC(N)=O.COC(=O)/C(=C/c1cc(OC)cc(OC)c1)c1ccc(Oc2ccc(C=O)cc2)cc1.COC(=O)/C(=C/c1cc(OC)cc(OC)c1)c1ccc(Oc2ccc(CBr)cc2)cc1.COC(=O)/C(=C/c1cc(OC)cc(OC)c1)c1ccc(Oc2ccc(CNC(=O)NC(C)=O)cc2)cc1.COC(=O)/C(=C/c1cc(OC)cc(OC)c1)c1ccc(Oc2ccc(CO)cc2)cc1.[B].[H-].[Na+]. The van der Waals surface area contributed by atoms with Crippen LogP contribution in [0, 0.1) is 0 Å². The molecular weight excluding hydrogens is 2130 g/mol. The van der Waals surface area contributed by atoms with Crippen molar-refractivity contribution in [1.29, 1.82) is 0 Å². The number of nitrogens with one attached hydrogen (secondary N) is 3. The Kier molecular flexibility index (Phi) is 53.2. The van der Waals surface area contributed by atoms with Crippen LogP contribution in [-0.4, -0.2) is 153 Å². The van der Waals surface area contributed by atoms with Crippen molar-refractivity contribution in [1.82, 2.24) is 16.0 Å². The molecule has 6 N–H and O–H groups in total. The number of carbonyl (C=O) groups is 9. The zero-order valence-electron chi connectivity index (χ0n) is 81.7. The van der Waals surface area contributed by atoms with Gasteiger partial charge in [0.2, 0.25) is 11.8 Å². The van der Waals surface area contributed by atoms with E-state index in [1.165, 1.54) is 47.9 Å². The Balaban J connectivity index is 0.000000384. The van der Waals surface area contributed by atoms with Crippen LogP contribution in [0.1, 0.15) is 86.8 Å². The van der Waals surface area contributed by atoms with E-state index >= 15 is 0 Å². The number of nitrogens with two attached hydrogens (primary N) is 1. The number of aliphatic hydroxyl groups excluding tert-OH is 1. The summed E-state index contributed by atoms with van der Waals surface area (Å²) in [5.41, 5.74) is 15.1. The molecule has 0 saturated heterocycles. The van der Waals surface area contributed by atoms with Gasteiger partial charge >= 0.3 is 65.5 Å². The second-order valence-corrected chi connectivity index (χ2v) is 44.7. The molecule has 12 aromatic carbocycles. The first-order valence-electron chi connectivity index (χ1n) is 42.0. The molecule has 741 valence electrons. The molecule has 6 amide bonds. The Morgan fingerprint density at radius 2 is 0.531 bits per heavy atom. The standard InChI is InChI=1S/C28H28N2O7.C25H23BrO5.C25H24O6.C25H22O6.C3H6N2O2.B.Br3P.Na.H/c1-18(31)30-28(33)29-17-19-5-9-22(10-6-19)37-23-11-7-21(8-12-23)26(27(32)36-4)15-20-13-24(34-2)16-25(14-20)35-3;3*1-28-22-12-18(13-23(15-22)29-2)14-24(25(27)30-3)19-6-10-21(11-7-19)31-20-8-4-17(16-26)5-9-20;1-2(6)5-3(4)7;;1-4(2)3;;/h5-16H,17H2,1-4H3,(H2,29,30,31,33);4-15H,16H2,1-3H3;4-15,26H,16H2,1-3H3;4-16H,1-3H3;1H3,(H3,4,5,6,7);;;;/q;;;;;;;+1;-1/b26-15+;3*24-14+;;;;;. The number of alkyl halides is 1. The summed E-state index contributed by atoms with van der Waals surface area (Å²) in [4.78, 5) is 103. The normalized spacial score (nSPS) is 10.5. The number of imide groups is 2. The summed E-state index contributed by atoms with van der Waals surface area (Å²) in [5.74, 6) is 7.21. The molecule has 0 aliphatic rings. The number of aldehydes is 1. The topological polar surface area (TPSA) is 384 Å². The number of benzene rings is 12. The molecule has 0 saturated carbocycles. The van der Waals surface area contributed by atoms with E-state index in [1.807, 2.05) is 60.7 Å². The van der Waals surface area contributed by atoms with Gasteiger partial charge in [-0.05, 0) is 290 Å². The minimum Gasteiger partial charge on any atom is -1.00 e. The fourth-order valence-corrected chi connectivity index (χ4v) is 12.7. The molecule has 0 aliphatic carbocycles. The van der Waals surface area contributed by atoms with E-state index in [1.54, 1.807) is 293 Å². The number of amides is 6. The van der Waals surface area contributed by atoms with Crippen molar-refractivity contribution in [3.8, 4) is 92.0 Å². The van der Waals surface area contributed by atoms with E-state index in [4.69, 9.17) is 80.9 Å². The van der Waals surface area contributed by atoms with Crippen molar-refractivity contribution >= 4 is 175 Å². The molecule has 0 aliphatic heterocycles. The van der Waals surface area contributed by atoms with Gasteiger partial charge in [0.05, 0.1) is 114 Å². The number of hydrogen-bond donors (Lipinski definition) is 5. The van der Waals surface area contributed by atoms with Gasteiger partial charge < -0.3 is 93.4 Å². The van der Waals surface area contributed by atoms with E-state index in [-0.39, 0.29) is 56.6 Å². The Morgan fingerprint density at radius 1 is 0.322 bits per heavy atom. The fourth-order valence-electron chi connectivity index (χ4n) is 12.3. The number of aliphatic hydroxyl groups is 1. The van der Waals surface area contributed by atoms with Crippen molar-refractivity contribution in [2.45, 2.75) is 32.3 Å². The van der Waals surface area contributed by atoms with E-state index < -0.39 is 47.8 Å². The largest absolute Gasteiger partial charge is 1.00 e. The van der Waals surface area contributed by atoms with Crippen LogP contribution in [0.2, 0.25) is 0 Å². The van der Waals surface area contributed by atoms with Crippen LogP contribution in [0.5, 0.6) is 92.0 Å². The molecule has 0 heterocycles. The van der Waals surface area contributed by atoms with Gasteiger partial charge in [-0.2, -0.15) is 0 Å². The van der Waals surface area contributed by atoms with Crippen molar-refractivity contribution in [2.24, 2.45) is 5.73 Å². The number of esters is 4. The zero-order chi connectivity index (χ0) is 103. The molecule has 143 heavy (non-hydrogen) atoms. The quantitative estimate of drug-likeness (QED) is 0.00373. The van der Waals surface area contributed by atoms with Gasteiger partial charge in [-0.15, -0.1) is 0 Å². The Hall–Kier alpha value is -14.0. The maximum absolute atomic E-state index is 12.6. The summed E-state index contributed by atoms with van der Waals surface area (Å²) in [6, 6.07) is 77.5. The van der Waals surface area contributed by atoms with E-state index in [9.17, 15) is 43.2 Å². The van der Waals surface area contributed by atoms with Gasteiger partial charge in [0.1, 0.15) is 102 Å². The molecule has 0 spiro atoms. The van der Waals surface area contributed by atoms with Crippen LogP contribution >= 0.6 is 66.4 Å². The first-order chi connectivity index (χ1) is 67.8. The van der Waals surface area contributed by atoms with E-state index in [0.29, 0.717) is 142 Å². The summed E-state index contributed by atoms with van der Waals surface area (Å²) < 4.78 is 85.6. The molecule has 12 aromatic rings. The minimum atomic E-state index is -0.812. The van der Waals surface area contributed by atoms with Crippen LogP contribution in [0.15, 0.2) is 267 Å². The number of primary amides is 1. The predicted octanol–water partition coefficient (Wildman–Crippen LogP) is 19.7. The van der Waals surface area contributed by atoms with Crippen LogP contribution in [0.25, 0.3) is 46.6 Å². The van der Waals surface area contributed by atoms with Crippen molar-refractivity contribution in [3.63, 3.8) is 0 Å². The summed E-state index contributed by atoms with van der Waals surface area (Å²) in [7, 11) is 17.9. The number of carbonyl (C=O) groups excluding carboxylic acids is 9. The summed E-state index contributed by atoms with van der Waals surface area (Å²) in [5, 5.41) is 16.5. The van der Waals surface area contributed by atoms with Crippen LogP contribution in [-0.2, 0) is 66.2 Å². The van der Waals surface area contributed by atoms with Crippen molar-refractivity contribution in [3.05, 3.63) is 334 Å². The third-order valence-corrected chi connectivity index (χ3v) is 19.8. The summed E-state index contributed by atoms with van der Waals surface area (Å²) >= 11 is 12.9. The third kappa shape index (κ3) is 41.6. The van der Waals surface area contributed by atoms with Crippen LogP contribution in [0.4, 0.5) is 9.59 Å². The zero-order valence-corrected chi connectivity index (χ0v) is 89.9. The predicted molar refractivity (Wildman–Crippen MR) is 564 cm³/mol. The molecule has 12 rings (SSSR count). The molecular formula is C106H104BBr4N4NaO26P. The average Bonchev–Trinajstić information content (AvgIpc) is 0.835. The monoisotopic (exact) mass is 2230 g/mol. The maximum atomic E-state index is 12.6. The van der Waals surface area contributed by atoms with E-state index in [0.717, 1.165) is 45.2 Å². The van der Waals surface area contributed by atoms with E-state index in [2.05, 4.69) is 78.8 Å². The molecule has 0 atom stereocenters. The number of rotatable bonds is 33. The molecule has 0 aromatic heterocycles. The second kappa shape index (κ2) is 63.7. The van der Waals surface area contributed by atoms with Gasteiger partial charge in [0, 0.05) is 64.0 Å². The number of ether oxygens (including phenoxy) is 16. The Morgan fingerprint density at radius 3 is 0.713 bits per heavy atom. The number of methoxy groups -OCH3 is 12. The molecule has 0 bridgehead atoms. The summed E-state index contributed by atoms with van der Waals surface area (Å²) in [6.07, 6.45) is 7.66. The smallest absolute Gasteiger partial charge is 1.00 e. The number of urea groups is 2. The first kappa shape index (κ1) is 119. The van der Waals surface area contributed by atoms with Crippen molar-refractivity contribution in [2.75, 3.05) is 85.3 Å². The number of hydrogen-bond acceptors (Lipinski definition) is 26. The maximum Gasteiger partial charge on any atom is 1.00 e. The Bertz CT molecular complexity index is 6040. The first-order valence-corrected chi connectivity index (χ1v) is 50.5. The Labute approximate surface area is 888 Å². The number of halogens is 4. The third-order valence-electron chi connectivity index (χ3n) is 19.1. The molecule has 3 radical (unpaired) electrons. The van der Waals surface area contributed by atoms with Crippen LogP contribution in [0.3, 0.4) is 0 Å². The molecule has 0 unspecified atom stereocenters. The van der Waals surface area contributed by atoms with Crippen molar-refractivity contribution < 1.29 is 155 Å². The van der Waals surface area contributed by atoms with Gasteiger partial charge in [-0.3, -0.25) is 25.0 Å². The fraction of sp³-hybridized carbons (Fsp3) is 0.160. The molecule has 37 heteroatoms. The molecule has 30 nitrogen and oxygen atoms in total. The summed E-state index contributed by atoms with van der Waals surface area (Å²) in [6.45, 7) is 2.72. The average molecular weight is 2230 g/mol. The van der Waals surface area contributed by atoms with Gasteiger partial charge in [-0.1, -0.05) is 101 Å². The van der Waals surface area contributed by atoms with Crippen LogP contribution < -0.4 is 108 Å². The second-order valence-electron chi connectivity index (χ2n) is 28.8. The van der Waals surface area contributed by atoms with Gasteiger partial charge in [0.25, 0.3) is 0 Å². The molecule has 0 fully saturated rings. The van der Waals surface area contributed by atoms with Gasteiger partial charge in [-0.25, -0.2) is 28.8 Å².